The highest BCUT2D eigenvalue weighted by molar-refractivity contribution is 7.89. The van der Waals surface area contributed by atoms with E-state index in [1.807, 2.05) is 38.1 Å². The second kappa shape index (κ2) is 10.9. The molecular formula is C28H30N4O4S2. The maximum atomic E-state index is 13.8. The van der Waals surface area contributed by atoms with Crippen molar-refractivity contribution in [2.45, 2.75) is 44.2 Å². The van der Waals surface area contributed by atoms with Crippen molar-refractivity contribution in [2.75, 3.05) is 25.1 Å². The normalized spacial score (nSPS) is 15.8. The Morgan fingerprint density at radius 1 is 1.13 bits per heavy atom. The average molecular weight is 551 g/mol. The van der Waals surface area contributed by atoms with Gasteiger partial charge in [0, 0.05) is 32.0 Å². The number of benzene rings is 2. The number of carbonyl (C=O) groups excluding carboxylic acids is 1. The van der Waals surface area contributed by atoms with Crippen molar-refractivity contribution in [1.29, 1.82) is 0 Å². The second-order valence-electron chi connectivity index (χ2n) is 9.58. The number of sulfonamides is 1. The molecule has 0 saturated carbocycles. The first kappa shape index (κ1) is 26.4. The van der Waals surface area contributed by atoms with E-state index in [-0.39, 0.29) is 23.5 Å². The molecule has 1 saturated heterocycles. The van der Waals surface area contributed by atoms with Crippen molar-refractivity contribution in [3.05, 3.63) is 83.2 Å². The Labute approximate surface area is 227 Å². The molecule has 1 aliphatic rings. The SMILES string of the molecule is Cc1cc(C)c2sc(N(Cc3ccccn3)C(=O)c3ccc(S(=O)(=O)N(C)CC4CCCO4)cc3)nc2c1. The molecule has 1 aliphatic heterocycles. The van der Waals surface area contributed by atoms with E-state index < -0.39 is 10.0 Å². The lowest BCUT2D eigenvalue weighted by Crippen LogP contribution is -2.34. The Kier molecular flexibility index (Phi) is 7.58. The molecule has 5 rings (SSSR count). The predicted molar refractivity (Wildman–Crippen MR) is 149 cm³/mol. The molecule has 0 aliphatic carbocycles. The van der Waals surface area contributed by atoms with E-state index in [9.17, 15) is 13.2 Å². The maximum Gasteiger partial charge on any atom is 0.260 e. The summed E-state index contributed by atoms with van der Waals surface area (Å²) in [6, 6.07) is 15.8. The number of amides is 1. The number of hydrogen-bond acceptors (Lipinski definition) is 7. The first-order chi connectivity index (χ1) is 18.2. The summed E-state index contributed by atoms with van der Waals surface area (Å²) in [5, 5.41) is 0.567. The molecule has 4 aromatic rings. The summed E-state index contributed by atoms with van der Waals surface area (Å²) in [4.78, 5) is 24.7. The van der Waals surface area contributed by atoms with Crippen molar-refractivity contribution in [1.82, 2.24) is 14.3 Å². The van der Waals surface area contributed by atoms with Crippen molar-refractivity contribution >= 4 is 42.6 Å². The summed E-state index contributed by atoms with van der Waals surface area (Å²) < 4.78 is 34.2. The van der Waals surface area contributed by atoms with E-state index in [0.717, 1.165) is 39.9 Å². The number of likely N-dealkylation sites (N-methyl/N-ethyl adjacent to an activating group) is 1. The number of fused-ring (bicyclic) bond motifs is 1. The topological polar surface area (TPSA) is 92.7 Å². The minimum Gasteiger partial charge on any atom is -0.377 e. The summed E-state index contributed by atoms with van der Waals surface area (Å²) in [6.07, 6.45) is 3.40. The van der Waals surface area contributed by atoms with Gasteiger partial charge in [-0.3, -0.25) is 14.7 Å². The Balaban J connectivity index is 1.44. The third kappa shape index (κ3) is 5.49. The van der Waals surface area contributed by atoms with Gasteiger partial charge in [-0.2, -0.15) is 4.31 Å². The molecule has 198 valence electrons. The zero-order valence-electron chi connectivity index (χ0n) is 21.6. The van der Waals surface area contributed by atoms with Gasteiger partial charge in [-0.25, -0.2) is 13.4 Å². The number of aromatic nitrogens is 2. The zero-order valence-corrected chi connectivity index (χ0v) is 23.3. The summed E-state index contributed by atoms with van der Waals surface area (Å²) >= 11 is 1.46. The van der Waals surface area contributed by atoms with E-state index in [1.165, 1.54) is 27.8 Å². The van der Waals surface area contributed by atoms with Gasteiger partial charge in [0.1, 0.15) is 0 Å². The van der Waals surface area contributed by atoms with Crippen LogP contribution in [-0.2, 0) is 21.3 Å². The van der Waals surface area contributed by atoms with Gasteiger partial charge in [0.15, 0.2) is 5.13 Å². The van der Waals surface area contributed by atoms with Crippen molar-refractivity contribution in [3.63, 3.8) is 0 Å². The molecule has 10 heteroatoms. The second-order valence-corrected chi connectivity index (χ2v) is 12.6. The summed E-state index contributed by atoms with van der Waals surface area (Å²) in [5.74, 6) is -0.277. The lowest BCUT2D eigenvalue weighted by Gasteiger charge is -2.21. The van der Waals surface area contributed by atoms with E-state index >= 15 is 0 Å². The number of rotatable bonds is 8. The molecule has 0 N–H and O–H groups in total. The molecule has 0 bridgehead atoms. The fraction of sp³-hybridized carbons (Fsp3) is 0.321. The van der Waals surface area contributed by atoms with Crippen molar-refractivity contribution < 1.29 is 17.9 Å². The number of carbonyl (C=O) groups is 1. The van der Waals surface area contributed by atoms with E-state index in [2.05, 4.69) is 11.1 Å². The van der Waals surface area contributed by atoms with E-state index in [0.29, 0.717) is 23.8 Å². The smallest absolute Gasteiger partial charge is 0.260 e. The number of nitrogens with zero attached hydrogens (tertiary/aromatic N) is 4. The van der Waals surface area contributed by atoms with Crippen LogP contribution in [0.4, 0.5) is 5.13 Å². The number of thiazole rings is 1. The van der Waals surface area contributed by atoms with Crippen LogP contribution in [0.5, 0.6) is 0 Å². The molecule has 8 nitrogen and oxygen atoms in total. The fourth-order valence-corrected chi connectivity index (χ4v) is 6.85. The molecule has 38 heavy (non-hydrogen) atoms. The van der Waals surface area contributed by atoms with Gasteiger partial charge < -0.3 is 4.74 Å². The molecule has 1 fully saturated rings. The highest BCUT2D eigenvalue weighted by Crippen LogP contribution is 2.33. The number of aryl methyl sites for hydroxylation is 2. The maximum absolute atomic E-state index is 13.8. The van der Waals surface area contributed by atoms with Gasteiger partial charge in [0.25, 0.3) is 5.91 Å². The lowest BCUT2D eigenvalue weighted by molar-refractivity contribution is 0.0978. The van der Waals surface area contributed by atoms with E-state index in [1.54, 1.807) is 30.3 Å². The molecular weight excluding hydrogens is 520 g/mol. The molecule has 2 aromatic heterocycles. The zero-order chi connectivity index (χ0) is 26.9. The Morgan fingerprint density at radius 3 is 2.61 bits per heavy atom. The molecule has 1 unspecified atom stereocenters. The van der Waals surface area contributed by atoms with Crippen LogP contribution in [0, 0.1) is 13.8 Å². The number of ether oxygens (including phenoxy) is 1. The van der Waals surface area contributed by atoms with Gasteiger partial charge >= 0.3 is 0 Å². The van der Waals surface area contributed by atoms with Gasteiger partial charge in [-0.15, -0.1) is 0 Å². The van der Waals surface area contributed by atoms with Crippen LogP contribution >= 0.6 is 11.3 Å². The third-order valence-corrected chi connectivity index (χ3v) is 9.69. The number of anilines is 1. The minimum atomic E-state index is -3.71. The Bertz CT molecular complexity index is 1550. The van der Waals surface area contributed by atoms with Crippen LogP contribution in [0.1, 0.15) is 40.0 Å². The molecule has 2 aromatic carbocycles. The molecule has 1 atom stereocenters. The van der Waals surface area contributed by atoms with Crippen molar-refractivity contribution in [2.24, 2.45) is 0 Å². The van der Waals surface area contributed by atoms with Crippen LogP contribution in [0.15, 0.2) is 65.7 Å². The van der Waals surface area contributed by atoms with Gasteiger partial charge in [-0.05, 0) is 80.3 Å². The first-order valence-corrected chi connectivity index (χ1v) is 14.8. The third-order valence-electron chi connectivity index (χ3n) is 6.63. The summed E-state index contributed by atoms with van der Waals surface area (Å²) in [6.45, 7) is 5.27. The first-order valence-electron chi connectivity index (χ1n) is 12.5. The lowest BCUT2D eigenvalue weighted by atomic mass is 10.1. The highest BCUT2D eigenvalue weighted by Gasteiger charge is 2.27. The molecule has 1 amide bonds. The molecule has 3 heterocycles. The van der Waals surface area contributed by atoms with Crippen LogP contribution in [-0.4, -0.2) is 54.9 Å². The summed E-state index contributed by atoms with van der Waals surface area (Å²) in [5.41, 5.74) is 4.15. The van der Waals surface area contributed by atoms with Gasteiger partial charge in [0.2, 0.25) is 10.0 Å². The van der Waals surface area contributed by atoms with Gasteiger partial charge in [-0.1, -0.05) is 23.5 Å². The Morgan fingerprint density at radius 2 is 1.92 bits per heavy atom. The van der Waals surface area contributed by atoms with Crippen LogP contribution in [0.25, 0.3) is 10.2 Å². The predicted octanol–water partition coefficient (Wildman–Crippen LogP) is 4.95. The molecule has 0 radical (unpaired) electrons. The number of pyridine rings is 1. The van der Waals surface area contributed by atoms with Crippen molar-refractivity contribution in [3.8, 4) is 0 Å². The highest BCUT2D eigenvalue weighted by atomic mass is 32.2. The van der Waals surface area contributed by atoms with E-state index in [4.69, 9.17) is 9.72 Å². The monoisotopic (exact) mass is 550 g/mol. The standard InChI is InChI=1S/C28H30N4O4S2/c1-19-15-20(2)26-25(16-19)30-28(37-26)32(17-22-7-4-5-13-29-22)27(33)21-9-11-24(12-10-21)38(34,35)31(3)18-23-8-6-14-36-23/h4-5,7,9-13,15-16,23H,6,8,14,17-18H2,1-3H3. The quantitative estimate of drug-likeness (QED) is 0.308. The Hall–Kier alpha value is -3.18. The fourth-order valence-electron chi connectivity index (χ4n) is 4.64. The van der Waals surface area contributed by atoms with Crippen LogP contribution in [0.3, 0.4) is 0 Å². The summed E-state index contributed by atoms with van der Waals surface area (Å²) in [7, 11) is -2.15. The largest absolute Gasteiger partial charge is 0.377 e. The van der Waals surface area contributed by atoms with Gasteiger partial charge in [0.05, 0.1) is 33.5 Å². The minimum absolute atomic E-state index is 0.0861. The van der Waals surface area contributed by atoms with Crippen LogP contribution < -0.4 is 4.90 Å². The average Bonchev–Trinajstić information content (AvgIpc) is 3.57. The molecule has 0 spiro atoms. The van der Waals surface area contributed by atoms with Crippen LogP contribution in [0.2, 0.25) is 0 Å². The number of hydrogen-bond donors (Lipinski definition) is 0.